The Morgan fingerprint density at radius 1 is 1.48 bits per heavy atom. The second kappa shape index (κ2) is 7.08. The summed E-state index contributed by atoms with van der Waals surface area (Å²) in [5.74, 6) is 0.569. The smallest absolute Gasteiger partial charge is 0.339 e. The van der Waals surface area contributed by atoms with Gasteiger partial charge in [-0.15, -0.1) is 11.8 Å². The Morgan fingerprint density at radius 3 is 2.74 bits per heavy atom. The lowest BCUT2D eigenvalue weighted by atomic mass is 10.2. The molecule has 1 aromatic rings. The Bertz CT molecular complexity index is 627. The van der Waals surface area contributed by atoms with Crippen LogP contribution >= 0.6 is 11.8 Å². The molecule has 2 heterocycles. The molecule has 0 aromatic carbocycles. The summed E-state index contributed by atoms with van der Waals surface area (Å²) in [5, 5.41) is 9.03. The molecule has 1 aliphatic rings. The Hall–Kier alpha value is -1.96. The van der Waals surface area contributed by atoms with E-state index in [0.29, 0.717) is 29.6 Å². The molecule has 1 aliphatic heterocycles. The number of likely N-dealkylation sites (N-methyl/N-ethyl adjacent to an activating group) is 1. The largest absolute Gasteiger partial charge is 0.478 e. The molecule has 23 heavy (non-hydrogen) atoms. The summed E-state index contributed by atoms with van der Waals surface area (Å²) < 4.78 is 5.39. The number of hydrogen-bond acceptors (Lipinski definition) is 5. The normalized spacial score (nSPS) is 17.3. The lowest BCUT2D eigenvalue weighted by Gasteiger charge is -2.26. The van der Waals surface area contributed by atoms with Crippen molar-refractivity contribution in [3.63, 3.8) is 0 Å². The van der Waals surface area contributed by atoms with E-state index in [0.717, 1.165) is 0 Å². The van der Waals surface area contributed by atoms with Gasteiger partial charge in [0.1, 0.15) is 23.1 Å². The van der Waals surface area contributed by atoms with Crippen LogP contribution in [0.1, 0.15) is 35.2 Å². The molecule has 0 saturated carbocycles. The van der Waals surface area contributed by atoms with Crippen molar-refractivity contribution in [2.45, 2.75) is 32.9 Å². The summed E-state index contributed by atoms with van der Waals surface area (Å²) in [6, 6.07) is 0.965. The zero-order chi connectivity index (χ0) is 17.1. The maximum Gasteiger partial charge on any atom is 0.339 e. The van der Waals surface area contributed by atoms with Gasteiger partial charge in [-0.25, -0.2) is 4.79 Å². The highest BCUT2D eigenvalue weighted by atomic mass is 32.2. The van der Waals surface area contributed by atoms with Crippen LogP contribution in [-0.4, -0.2) is 57.4 Å². The fourth-order valence-electron chi connectivity index (χ4n) is 2.50. The molecule has 8 heteroatoms. The Kier molecular flexibility index (Phi) is 5.35. The van der Waals surface area contributed by atoms with Crippen LogP contribution in [0.4, 0.5) is 0 Å². The number of carbonyl (C=O) groups is 3. The topological polar surface area (TPSA) is 91.1 Å². The van der Waals surface area contributed by atoms with Gasteiger partial charge in [0.05, 0.1) is 12.4 Å². The molecular weight excluding hydrogens is 320 g/mol. The summed E-state index contributed by atoms with van der Waals surface area (Å²) >= 11 is 1.55. The first-order valence-electron chi connectivity index (χ1n) is 7.30. The van der Waals surface area contributed by atoms with Crippen LogP contribution in [0.2, 0.25) is 0 Å². The average Bonchev–Trinajstić information content (AvgIpc) is 3.12. The van der Waals surface area contributed by atoms with E-state index in [9.17, 15) is 14.4 Å². The van der Waals surface area contributed by atoms with Gasteiger partial charge in [-0.05, 0) is 13.0 Å². The van der Waals surface area contributed by atoms with Gasteiger partial charge in [0.25, 0.3) is 0 Å². The lowest BCUT2D eigenvalue weighted by Crippen LogP contribution is -2.47. The number of nitrogens with zero attached hydrogens (tertiary/aromatic N) is 2. The Labute approximate surface area is 138 Å². The summed E-state index contributed by atoms with van der Waals surface area (Å²) in [6.45, 7) is 3.52. The number of thioether (sulfide) groups is 1. The number of furan rings is 1. The SMILES string of the molecule is CCC(=O)N1CSCC1C(=O)N(C)Cc1cc(C(=O)O)c(C)o1. The third-order valence-corrected chi connectivity index (χ3v) is 4.77. The van der Waals surface area contributed by atoms with Crippen molar-refractivity contribution in [2.24, 2.45) is 0 Å². The van der Waals surface area contributed by atoms with Crippen molar-refractivity contribution < 1.29 is 23.9 Å². The fraction of sp³-hybridized carbons (Fsp3) is 0.533. The molecule has 0 aliphatic carbocycles. The second-order valence-electron chi connectivity index (χ2n) is 5.41. The van der Waals surface area contributed by atoms with Gasteiger partial charge in [-0.3, -0.25) is 9.59 Å². The summed E-state index contributed by atoms with van der Waals surface area (Å²) in [6.07, 6.45) is 0.368. The van der Waals surface area contributed by atoms with Crippen LogP contribution in [0.25, 0.3) is 0 Å². The lowest BCUT2D eigenvalue weighted by molar-refractivity contribution is -0.142. The van der Waals surface area contributed by atoms with E-state index in [1.165, 1.54) is 11.0 Å². The number of carboxylic acid groups (broad SMARTS) is 1. The van der Waals surface area contributed by atoms with Crippen LogP contribution in [0.3, 0.4) is 0 Å². The van der Waals surface area contributed by atoms with Crippen molar-refractivity contribution >= 4 is 29.5 Å². The van der Waals surface area contributed by atoms with Crippen molar-refractivity contribution in [2.75, 3.05) is 18.7 Å². The predicted octanol–water partition coefficient (Wildman–Crippen LogP) is 1.56. The Morgan fingerprint density at radius 2 is 2.17 bits per heavy atom. The first-order valence-corrected chi connectivity index (χ1v) is 8.45. The van der Waals surface area contributed by atoms with E-state index < -0.39 is 12.0 Å². The molecular formula is C15H20N2O5S. The number of aromatic carboxylic acids is 1. The summed E-state index contributed by atoms with van der Waals surface area (Å²) in [5.41, 5.74) is 0.0973. The van der Waals surface area contributed by atoms with Gasteiger partial charge in [-0.2, -0.15) is 0 Å². The molecule has 0 spiro atoms. The maximum atomic E-state index is 12.6. The van der Waals surface area contributed by atoms with Gasteiger partial charge in [0.2, 0.25) is 11.8 Å². The fourth-order valence-corrected chi connectivity index (χ4v) is 3.67. The van der Waals surface area contributed by atoms with Gasteiger partial charge in [0, 0.05) is 19.2 Å². The monoisotopic (exact) mass is 340 g/mol. The standard InChI is InChI=1S/C15H20N2O5S/c1-4-13(18)17-8-23-7-12(17)14(19)16(3)6-10-5-11(15(20)21)9(2)22-10/h5,12H,4,6-8H2,1-3H3,(H,20,21). The number of carbonyl (C=O) groups excluding carboxylic acids is 2. The van der Waals surface area contributed by atoms with Gasteiger partial charge < -0.3 is 19.3 Å². The molecule has 1 aromatic heterocycles. The molecule has 1 saturated heterocycles. The zero-order valence-corrected chi connectivity index (χ0v) is 14.2. The highest BCUT2D eigenvalue weighted by Crippen LogP contribution is 2.24. The van der Waals surface area contributed by atoms with Crippen LogP contribution in [-0.2, 0) is 16.1 Å². The van der Waals surface area contributed by atoms with E-state index in [-0.39, 0.29) is 23.9 Å². The molecule has 1 unspecified atom stereocenters. The van der Waals surface area contributed by atoms with Crippen molar-refractivity contribution in [1.82, 2.24) is 9.80 Å². The Balaban J connectivity index is 2.06. The van der Waals surface area contributed by atoms with Crippen LogP contribution < -0.4 is 0 Å². The molecule has 1 fully saturated rings. The maximum absolute atomic E-state index is 12.6. The van der Waals surface area contributed by atoms with E-state index in [2.05, 4.69) is 0 Å². The zero-order valence-electron chi connectivity index (χ0n) is 13.4. The first-order chi connectivity index (χ1) is 10.8. The summed E-state index contributed by atoms with van der Waals surface area (Å²) in [4.78, 5) is 38.6. The minimum absolute atomic E-state index is 0.0382. The van der Waals surface area contributed by atoms with E-state index in [1.807, 2.05) is 0 Å². The highest BCUT2D eigenvalue weighted by molar-refractivity contribution is 7.99. The van der Waals surface area contributed by atoms with Gasteiger partial charge >= 0.3 is 5.97 Å². The minimum atomic E-state index is -1.06. The second-order valence-corrected chi connectivity index (χ2v) is 6.41. The number of carboxylic acids is 1. The third-order valence-electron chi connectivity index (χ3n) is 3.76. The van der Waals surface area contributed by atoms with Crippen molar-refractivity contribution in [3.05, 3.63) is 23.2 Å². The van der Waals surface area contributed by atoms with Crippen molar-refractivity contribution in [1.29, 1.82) is 0 Å². The molecule has 7 nitrogen and oxygen atoms in total. The number of amides is 2. The third kappa shape index (κ3) is 3.69. The van der Waals surface area contributed by atoms with E-state index >= 15 is 0 Å². The van der Waals surface area contributed by atoms with Gasteiger partial charge in [0.15, 0.2) is 0 Å². The number of aryl methyl sites for hydroxylation is 1. The number of hydrogen-bond donors (Lipinski definition) is 1. The van der Waals surface area contributed by atoms with E-state index in [1.54, 1.807) is 37.6 Å². The molecule has 126 valence electrons. The van der Waals surface area contributed by atoms with Crippen LogP contribution in [0, 0.1) is 6.92 Å². The predicted molar refractivity (Wildman–Crippen MR) is 85.1 cm³/mol. The molecule has 2 rings (SSSR count). The molecule has 0 radical (unpaired) electrons. The molecule has 2 amide bonds. The quantitative estimate of drug-likeness (QED) is 0.874. The van der Waals surface area contributed by atoms with Gasteiger partial charge in [-0.1, -0.05) is 6.92 Å². The van der Waals surface area contributed by atoms with Crippen LogP contribution in [0.5, 0.6) is 0 Å². The minimum Gasteiger partial charge on any atom is -0.478 e. The van der Waals surface area contributed by atoms with Crippen molar-refractivity contribution in [3.8, 4) is 0 Å². The summed E-state index contributed by atoms with van der Waals surface area (Å²) in [7, 11) is 1.62. The van der Waals surface area contributed by atoms with Crippen LogP contribution in [0.15, 0.2) is 10.5 Å². The van der Waals surface area contributed by atoms with E-state index in [4.69, 9.17) is 9.52 Å². The highest BCUT2D eigenvalue weighted by Gasteiger charge is 2.35. The molecule has 1 N–H and O–H groups in total. The first kappa shape index (κ1) is 17.4. The molecule has 0 bridgehead atoms. The number of rotatable bonds is 5. The average molecular weight is 340 g/mol. The molecule has 1 atom stereocenters.